The van der Waals surface area contributed by atoms with Crippen LogP contribution in [0.25, 0.3) is 11.4 Å². The van der Waals surface area contributed by atoms with Crippen LogP contribution in [-0.2, 0) is 16.1 Å². The van der Waals surface area contributed by atoms with Gasteiger partial charge in [0, 0.05) is 6.54 Å². The summed E-state index contributed by atoms with van der Waals surface area (Å²) in [4.78, 5) is 18.6. The Bertz CT molecular complexity index is 716. The van der Waals surface area contributed by atoms with E-state index >= 15 is 0 Å². The Morgan fingerprint density at radius 3 is 3.04 bits per heavy atom. The molecule has 0 N–H and O–H groups in total. The maximum absolute atomic E-state index is 11.9. The lowest BCUT2D eigenvalue weighted by Crippen LogP contribution is -2.39. The Morgan fingerprint density at radius 2 is 2.24 bits per heavy atom. The predicted octanol–water partition coefficient (Wildman–Crippen LogP) is 2.52. The van der Waals surface area contributed by atoms with E-state index in [1.54, 1.807) is 7.11 Å². The van der Waals surface area contributed by atoms with Crippen LogP contribution in [0.3, 0.4) is 0 Å². The summed E-state index contributed by atoms with van der Waals surface area (Å²) >= 11 is 0. The normalized spacial score (nSPS) is 18.1. The van der Waals surface area contributed by atoms with Gasteiger partial charge in [-0.25, -0.2) is 0 Å². The van der Waals surface area contributed by atoms with Gasteiger partial charge in [-0.2, -0.15) is 4.98 Å². The van der Waals surface area contributed by atoms with E-state index in [4.69, 9.17) is 14.0 Å². The van der Waals surface area contributed by atoms with Gasteiger partial charge in [0.05, 0.1) is 31.7 Å². The molecular formula is C18H23N3O4. The Labute approximate surface area is 146 Å². The number of hydrogen-bond donors (Lipinski definition) is 0. The highest BCUT2D eigenvalue weighted by molar-refractivity contribution is 5.72. The minimum atomic E-state index is -0.118. The van der Waals surface area contributed by atoms with Gasteiger partial charge in [0.15, 0.2) is 0 Å². The Kier molecular flexibility index (Phi) is 5.65. The van der Waals surface area contributed by atoms with Crippen LogP contribution in [0, 0.1) is 5.92 Å². The van der Waals surface area contributed by atoms with E-state index in [0.29, 0.717) is 37.2 Å². The van der Waals surface area contributed by atoms with Crippen molar-refractivity contribution < 1.29 is 18.8 Å². The van der Waals surface area contributed by atoms with Crippen molar-refractivity contribution >= 4 is 5.97 Å². The third kappa shape index (κ3) is 4.17. The summed E-state index contributed by atoms with van der Waals surface area (Å²) in [6.45, 7) is 4.34. The van der Waals surface area contributed by atoms with Crippen molar-refractivity contribution in [3.63, 3.8) is 0 Å². The first-order valence-electron chi connectivity index (χ1n) is 8.56. The van der Waals surface area contributed by atoms with E-state index in [-0.39, 0.29) is 11.9 Å². The molecule has 1 saturated heterocycles. The molecule has 0 amide bonds. The number of hydrogen-bond acceptors (Lipinski definition) is 7. The van der Waals surface area contributed by atoms with Crippen LogP contribution in [0.2, 0.25) is 0 Å². The first-order chi connectivity index (χ1) is 12.2. The molecule has 1 aromatic carbocycles. The van der Waals surface area contributed by atoms with Crippen molar-refractivity contribution in [2.24, 2.45) is 5.92 Å². The van der Waals surface area contributed by atoms with Crippen molar-refractivity contribution in [2.45, 2.75) is 26.3 Å². The molecule has 1 aromatic heterocycles. The molecule has 1 fully saturated rings. The van der Waals surface area contributed by atoms with Gasteiger partial charge in [0.1, 0.15) is 5.75 Å². The molecule has 1 atom stereocenters. The number of likely N-dealkylation sites (tertiary alicyclic amines) is 1. The summed E-state index contributed by atoms with van der Waals surface area (Å²) < 4.78 is 15.9. The number of esters is 1. The van der Waals surface area contributed by atoms with Crippen molar-refractivity contribution in [3.8, 4) is 17.1 Å². The van der Waals surface area contributed by atoms with Gasteiger partial charge in [-0.15, -0.1) is 0 Å². The first-order valence-corrected chi connectivity index (χ1v) is 8.56. The van der Waals surface area contributed by atoms with Crippen LogP contribution in [0.4, 0.5) is 0 Å². The zero-order valence-corrected chi connectivity index (χ0v) is 14.6. The van der Waals surface area contributed by atoms with E-state index in [1.165, 1.54) is 0 Å². The topological polar surface area (TPSA) is 77.7 Å². The molecule has 7 nitrogen and oxygen atoms in total. The molecule has 1 unspecified atom stereocenters. The molecule has 0 aliphatic carbocycles. The smallest absolute Gasteiger partial charge is 0.310 e. The van der Waals surface area contributed by atoms with Crippen molar-refractivity contribution in [3.05, 3.63) is 30.2 Å². The number of benzene rings is 1. The molecule has 0 radical (unpaired) electrons. The van der Waals surface area contributed by atoms with E-state index in [9.17, 15) is 4.79 Å². The SMILES string of the molecule is CCOC(=O)C1CCCN(Cc2nc(-c3ccccc3OC)no2)C1. The molecule has 25 heavy (non-hydrogen) atoms. The summed E-state index contributed by atoms with van der Waals surface area (Å²) in [5.41, 5.74) is 0.794. The van der Waals surface area contributed by atoms with Crippen LogP contribution >= 0.6 is 0 Å². The minimum absolute atomic E-state index is 0.0784. The number of carbonyl (C=O) groups is 1. The minimum Gasteiger partial charge on any atom is -0.496 e. The summed E-state index contributed by atoms with van der Waals surface area (Å²) in [6, 6.07) is 7.56. The maximum atomic E-state index is 11.9. The van der Waals surface area contributed by atoms with Crippen LogP contribution in [-0.4, -0.2) is 47.8 Å². The second-order valence-electron chi connectivity index (χ2n) is 6.04. The van der Waals surface area contributed by atoms with Crippen LogP contribution in [0.5, 0.6) is 5.75 Å². The van der Waals surface area contributed by atoms with E-state index < -0.39 is 0 Å². The number of nitrogens with zero attached hydrogens (tertiary/aromatic N) is 3. The highest BCUT2D eigenvalue weighted by atomic mass is 16.5. The van der Waals surface area contributed by atoms with E-state index in [1.807, 2.05) is 31.2 Å². The fourth-order valence-corrected chi connectivity index (χ4v) is 3.10. The summed E-state index contributed by atoms with van der Waals surface area (Å²) in [7, 11) is 1.61. The zero-order chi connectivity index (χ0) is 17.6. The van der Waals surface area contributed by atoms with Crippen LogP contribution in [0.15, 0.2) is 28.8 Å². The molecule has 0 bridgehead atoms. The van der Waals surface area contributed by atoms with Gasteiger partial charge in [0.25, 0.3) is 0 Å². The lowest BCUT2D eigenvalue weighted by Gasteiger charge is -2.30. The number of piperidine rings is 1. The van der Waals surface area contributed by atoms with Crippen molar-refractivity contribution in [1.82, 2.24) is 15.0 Å². The van der Waals surface area contributed by atoms with Gasteiger partial charge in [-0.1, -0.05) is 17.3 Å². The second-order valence-corrected chi connectivity index (χ2v) is 6.04. The summed E-state index contributed by atoms with van der Waals surface area (Å²) in [5.74, 6) is 1.55. The van der Waals surface area contributed by atoms with E-state index in [0.717, 1.165) is 24.9 Å². The molecule has 3 rings (SSSR count). The Hall–Kier alpha value is -2.41. The average molecular weight is 345 g/mol. The second kappa shape index (κ2) is 8.11. The van der Waals surface area contributed by atoms with Gasteiger partial charge in [-0.05, 0) is 38.4 Å². The number of aromatic nitrogens is 2. The predicted molar refractivity (Wildman–Crippen MR) is 90.9 cm³/mol. The Morgan fingerprint density at radius 1 is 1.40 bits per heavy atom. The molecule has 0 spiro atoms. The number of para-hydroxylation sites is 1. The number of carbonyl (C=O) groups excluding carboxylic acids is 1. The average Bonchev–Trinajstić information content (AvgIpc) is 3.10. The van der Waals surface area contributed by atoms with Crippen molar-refractivity contribution in [2.75, 3.05) is 26.8 Å². The van der Waals surface area contributed by atoms with Crippen LogP contribution in [0.1, 0.15) is 25.7 Å². The lowest BCUT2D eigenvalue weighted by molar-refractivity contribution is -0.150. The van der Waals surface area contributed by atoms with Gasteiger partial charge >= 0.3 is 5.97 Å². The zero-order valence-electron chi connectivity index (χ0n) is 14.6. The number of methoxy groups -OCH3 is 1. The molecule has 2 aromatic rings. The number of rotatable bonds is 6. The van der Waals surface area contributed by atoms with Gasteiger partial charge < -0.3 is 14.0 Å². The first kappa shape index (κ1) is 17.4. The molecule has 1 aliphatic rings. The standard InChI is InChI=1S/C18H23N3O4/c1-3-24-18(22)13-7-6-10-21(11-13)12-16-19-17(20-25-16)14-8-4-5-9-15(14)23-2/h4-5,8-9,13H,3,6-7,10-12H2,1-2H3. The lowest BCUT2D eigenvalue weighted by atomic mass is 9.98. The van der Waals surface area contributed by atoms with Gasteiger partial charge in [-0.3, -0.25) is 9.69 Å². The summed E-state index contributed by atoms with van der Waals surface area (Å²) in [5, 5.41) is 4.06. The van der Waals surface area contributed by atoms with Crippen LogP contribution < -0.4 is 4.74 Å². The molecule has 134 valence electrons. The fraction of sp³-hybridized carbons (Fsp3) is 0.500. The van der Waals surface area contributed by atoms with E-state index in [2.05, 4.69) is 15.0 Å². The fourth-order valence-electron chi connectivity index (χ4n) is 3.10. The number of ether oxygens (including phenoxy) is 2. The quantitative estimate of drug-likeness (QED) is 0.744. The molecule has 0 saturated carbocycles. The molecule has 1 aliphatic heterocycles. The Balaban J connectivity index is 1.66. The third-order valence-corrected chi connectivity index (χ3v) is 4.30. The van der Waals surface area contributed by atoms with Gasteiger partial charge in [0.2, 0.25) is 11.7 Å². The molecule has 2 heterocycles. The maximum Gasteiger partial charge on any atom is 0.310 e. The highest BCUT2D eigenvalue weighted by Gasteiger charge is 2.27. The summed E-state index contributed by atoms with van der Waals surface area (Å²) in [6.07, 6.45) is 1.82. The molecular weight excluding hydrogens is 322 g/mol. The third-order valence-electron chi connectivity index (χ3n) is 4.30. The highest BCUT2D eigenvalue weighted by Crippen LogP contribution is 2.27. The monoisotopic (exact) mass is 345 g/mol. The molecule has 7 heteroatoms. The largest absolute Gasteiger partial charge is 0.496 e. The van der Waals surface area contributed by atoms with Crippen molar-refractivity contribution in [1.29, 1.82) is 0 Å².